The van der Waals surface area contributed by atoms with Crippen molar-refractivity contribution in [3.05, 3.63) is 63.9 Å². The van der Waals surface area contributed by atoms with Crippen LogP contribution in [0.2, 0.25) is 0 Å². The van der Waals surface area contributed by atoms with Gasteiger partial charge in [0.1, 0.15) is 54.9 Å². The maximum Gasteiger partial charge on any atom is 0.216 e. The molecule has 4 aliphatic rings. The minimum atomic E-state index is -1.65. The van der Waals surface area contributed by atoms with Crippen LogP contribution in [0.3, 0.4) is 0 Å². The van der Waals surface area contributed by atoms with Gasteiger partial charge in [-0.1, -0.05) is 26.3 Å². The molecule has 4 aliphatic heterocycles. The summed E-state index contributed by atoms with van der Waals surface area (Å²) < 4.78 is 50.2. The van der Waals surface area contributed by atoms with E-state index in [1.165, 1.54) is 31.9 Å². The first-order chi connectivity index (χ1) is 26.3. The molecule has 56 heavy (non-hydrogen) atoms. The molecule has 0 aliphatic carbocycles. The van der Waals surface area contributed by atoms with E-state index >= 15 is 0 Å². The lowest BCUT2D eigenvalue weighted by molar-refractivity contribution is -0.908. The van der Waals surface area contributed by atoms with Crippen LogP contribution >= 0.6 is 9.39 Å². The fourth-order valence-corrected chi connectivity index (χ4v) is 7.68. The van der Waals surface area contributed by atoms with Crippen LogP contribution < -0.4 is 62.3 Å². The van der Waals surface area contributed by atoms with E-state index in [0.29, 0.717) is 0 Å². The normalized spacial score (nSPS) is 45.4. The maximum absolute atomic E-state index is 11.3. The zero-order valence-electron chi connectivity index (χ0n) is 31.9. The molecule has 0 spiro atoms. The first-order valence-corrected chi connectivity index (χ1v) is 18.3. The molecular weight excluding hydrogens is 755 g/mol. The molecule has 23 nitrogen and oxygen atoms in total. The van der Waals surface area contributed by atoms with Gasteiger partial charge in [0.05, 0.1) is 31.2 Å². The summed E-state index contributed by atoms with van der Waals surface area (Å²) in [6.45, 7) is 18.9. The average Bonchev–Trinajstić information content (AvgIpc) is 3.15. The van der Waals surface area contributed by atoms with Gasteiger partial charge < -0.3 is 99.1 Å². The van der Waals surface area contributed by atoms with E-state index in [1.807, 2.05) is 0 Å². The molecule has 0 aromatic heterocycles. The summed E-state index contributed by atoms with van der Waals surface area (Å²) in [4.78, 5) is 0. The molecule has 4 heterocycles. The van der Waals surface area contributed by atoms with Crippen molar-refractivity contribution in [1.29, 1.82) is 0 Å². The summed E-state index contributed by atoms with van der Waals surface area (Å²) in [6, 6.07) is -7.26. The number of hydrogen-bond acceptors (Lipinski definition) is 22. The van der Waals surface area contributed by atoms with E-state index in [2.05, 4.69) is 52.9 Å². The summed E-state index contributed by atoms with van der Waals surface area (Å²) in [6.07, 6.45) is -4.48. The largest absolute Gasteiger partial charge is 0.382 e. The van der Waals surface area contributed by atoms with Crippen molar-refractivity contribution in [3.8, 4) is 0 Å². The van der Waals surface area contributed by atoms with Gasteiger partial charge in [0.25, 0.3) is 0 Å². The van der Waals surface area contributed by atoms with Crippen LogP contribution in [0.5, 0.6) is 0 Å². The van der Waals surface area contributed by atoms with Crippen molar-refractivity contribution in [2.75, 3.05) is 14.2 Å². The highest BCUT2D eigenvalue weighted by Gasteiger charge is 2.59. The average molecular weight is 820 g/mol. The second-order valence-electron chi connectivity index (χ2n) is 14.2. The lowest BCUT2D eigenvalue weighted by Crippen LogP contribution is -2.78. The van der Waals surface area contributed by atoms with Crippen LogP contribution in [-0.4, -0.2) is 150 Å². The molecule has 320 valence electrons. The van der Waals surface area contributed by atoms with Gasteiger partial charge in [-0.15, -0.1) is 0 Å². The Morgan fingerprint density at radius 1 is 0.804 bits per heavy atom. The first kappa shape index (κ1) is 46.3. The van der Waals surface area contributed by atoms with Crippen LogP contribution in [0, 0.1) is 0 Å². The van der Waals surface area contributed by atoms with E-state index in [-0.39, 0.29) is 6.42 Å². The second kappa shape index (κ2) is 19.1. The fourth-order valence-electron chi connectivity index (χ4n) is 7.41. The monoisotopic (exact) mass is 819 g/mol. The number of hydroxylamine groups is 2. The predicted molar refractivity (Wildman–Crippen MR) is 206 cm³/mol. The molecule has 0 amide bonds. The van der Waals surface area contributed by atoms with Crippen molar-refractivity contribution in [2.45, 2.75) is 123 Å². The zero-order chi connectivity index (χ0) is 41.9. The summed E-state index contributed by atoms with van der Waals surface area (Å²) in [5.74, 6) is 6.76. The van der Waals surface area contributed by atoms with E-state index < -0.39 is 121 Å². The molecule has 4 saturated heterocycles. The standard InChI is InChI=1S/C32H64N14O9P/c1-8-42-18-15(34)16(35)27(45(56)11-4)54-28(18)50-22-17(36)21(46(6,41)12-5)30(53-25(22)38)51-23-20(44(47)10-3)19(43-9-2)29(52-26(23)39)55-32(40)13-14(33)49-31(48-7)24(32)37/h8-12,14-31,42-43,47H,1-5,13,33-41,56H2,6-7H3/q+1. The molecule has 21 atom stereocenters. The van der Waals surface area contributed by atoms with Gasteiger partial charge in [0, 0.05) is 25.8 Å². The molecule has 21 unspecified atom stereocenters. The Hall–Kier alpha value is -2.43. The van der Waals surface area contributed by atoms with Crippen molar-refractivity contribution in [1.82, 2.24) is 20.4 Å². The highest BCUT2D eigenvalue weighted by Crippen LogP contribution is 2.36. The Kier molecular flexibility index (Phi) is 15.8. The van der Waals surface area contributed by atoms with E-state index in [4.69, 9.17) is 89.6 Å². The summed E-state index contributed by atoms with van der Waals surface area (Å²) in [7, 11) is 5.46. The van der Waals surface area contributed by atoms with Gasteiger partial charge in [-0.05, 0) is 34.6 Å². The first-order valence-electron chi connectivity index (χ1n) is 17.8. The number of methoxy groups -OCH3 is 1. The fraction of sp³-hybridized carbons (Fsp3) is 0.688. The van der Waals surface area contributed by atoms with Crippen LogP contribution in [0.4, 0.5) is 0 Å². The maximum atomic E-state index is 11.3. The molecule has 0 saturated carbocycles. The van der Waals surface area contributed by atoms with Gasteiger partial charge in [0.15, 0.2) is 31.1 Å². The summed E-state index contributed by atoms with van der Waals surface area (Å²) in [5.41, 5.74) is 50.8. The minimum Gasteiger partial charge on any atom is -0.382 e. The molecule has 4 fully saturated rings. The molecule has 24 heteroatoms. The van der Waals surface area contributed by atoms with Crippen LogP contribution in [0.1, 0.15) is 6.42 Å². The van der Waals surface area contributed by atoms with Crippen molar-refractivity contribution < 1.29 is 47.7 Å². The van der Waals surface area contributed by atoms with Crippen molar-refractivity contribution in [2.24, 2.45) is 51.7 Å². The number of nitrogens with zero attached hydrogens (tertiary/aromatic N) is 3. The molecule has 4 rings (SSSR count). The number of ether oxygens (including phenoxy) is 8. The SMILES string of the molecule is C=CNC1C(OC2C(N)OC(OC3C(N)OC(OC4(N)CC(N)OC(OC)C4N)C(NC=C)C3N(O)C=C)C([N+](C)(N)C=C)C2N)OC(N(P)C=C)C(N)C1N. The third-order valence-electron chi connectivity index (χ3n) is 10.5. The Balaban J connectivity index is 1.66. The number of rotatable bonds is 17. The van der Waals surface area contributed by atoms with E-state index in [9.17, 15) is 5.21 Å². The van der Waals surface area contributed by atoms with Crippen LogP contribution in [-0.2, 0) is 37.9 Å². The smallest absolute Gasteiger partial charge is 0.216 e. The van der Waals surface area contributed by atoms with Gasteiger partial charge in [-0.25, -0.2) is 4.59 Å². The highest BCUT2D eigenvalue weighted by molar-refractivity contribution is 7.13. The van der Waals surface area contributed by atoms with E-state index in [0.717, 1.165) is 11.3 Å². The summed E-state index contributed by atoms with van der Waals surface area (Å²) in [5, 5.41) is 18.2. The number of nitrogens with two attached hydrogens (primary N) is 9. The third kappa shape index (κ3) is 9.38. The second-order valence-corrected chi connectivity index (χ2v) is 14.8. The van der Waals surface area contributed by atoms with E-state index in [1.54, 1.807) is 11.7 Å². The Morgan fingerprint density at radius 2 is 1.39 bits per heavy atom. The molecule has 0 aromatic carbocycles. The topological polar surface area (TPSA) is 359 Å². The Bertz CT molecular complexity index is 1370. The lowest BCUT2D eigenvalue weighted by atomic mass is 9.93. The Morgan fingerprint density at radius 3 is 1.96 bits per heavy atom. The predicted octanol–water partition coefficient (Wildman–Crippen LogP) is -5.15. The highest BCUT2D eigenvalue weighted by atomic mass is 31.0. The van der Waals surface area contributed by atoms with Gasteiger partial charge >= 0.3 is 0 Å². The molecule has 0 radical (unpaired) electrons. The Labute approximate surface area is 329 Å². The van der Waals surface area contributed by atoms with Crippen molar-refractivity contribution in [3.63, 3.8) is 0 Å². The minimum absolute atomic E-state index is 0.0520. The number of hydrogen-bond donors (Lipinski definition) is 12. The summed E-state index contributed by atoms with van der Waals surface area (Å²) >= 11 is 0. The van der Waals surface area contributed by atoms with Crippen LogP contribution in [0.15, 0.2) is 63.9 Å². The molecule has 21 N–H and O–H groups in total. The number of quaternary nitrogens is 1. The van der Waals surface area contributed by atoms with Gasteiger partial charge in [0.2, 0.25) is 6.29 Å². The molecule has 0 aromatic rings. The quantitative estimate of drug-likeness (QED) is 0.0215. The van der Waals surface area contributed by atoms with Gasteiger partial charge in [-0.3, -0.25) is 10.3 Å². The zero-order valence-corrected chi connectivity index (χ0v) is 33.0. The number of nitrogens with one attached hydrogen (secondary N) is 2. The molecular formula is C32H64N14O9P+. The lowest BCUT2D eigenvalue weighted by Gasteiger charge is -2.54. The van der Waals surface area contributed by atoms with Crippen LogP contribution in [0.25, 0.3) is 0 Å². The van der Waals surface area contributed by atoms with Crippen molar-refractivity contribution >= 4 is 9.39 Å². The number of likely N-dealkylation sites (N-methyl/N-ethyl adjacent to an activating group) is 1. The third-order valence-corrected chi connectivity index (χ3v) is 11.0. The van der Waals surface area contributed by atoms with Gasteiger partial charge in [-0.2, -0.15) is 5.84 Å². The molecule has 0 bridgehead atoms.